The van der Waals surface area contributed by atoms with Crippen molar-refractivity contribution < 1.29 is 34.4 Å². The Morgan fingerprint density at radius 3 is 2.06 bits per heavy atom. The number of aliphatic hydroxyl groups excluding tert-OH is 1. The van der Waals surface area contributed by atoms with Gasteiger partial charge in [-0.2, -0.15) is 0 Å². The van der Waals surface area contributed by atoms with Crippen LogP contribution < -0.4 is 0 Å². The number of pyridine rings is 1. The Hall–Kier alpha value is -3.67. The summed E-state index contributed by atoms with van der Waals surface area (Å²) in [5.41, 5.74) is 6.10. The van der Waals surface area contributed by atoms with Crippen LogP contribution in [0.4, 0.5) is 0 Å². The standard InChI is InChI=1S/C29H28N3O.C15H28O2.Ir/c1-18(2)10-21-16-33-28-15-30-26(13-23(21)28)27-14-25(31-17-32-27)20-11-19-8-6-7-9-22(19)24(12-20)29(3,4)5;1-7-14(5,8-2)12(16)11-13(17)15(6,9-3)10-4;/h6-9,12-18H,10H2,1-5H3;11,16H,7-10H2,1-6H3;/q-1;;/b;12-11-;. The fraction of sp³-hybridized carbons (Fsp3) is 0.455. The molecule has 0 saturated carbocycles. The molecule has 6 nitrogen and oxygen atoms in total. The van der Waals surface area contributed by atoms with Crippen LogP contribution in [0.15, 0.2) is 77.5 Å². The molecule has 0 atom stereocenters. The second-order valence-corrected chi connectivity index (χ2v) is 15.5. The van der Waals surface area contributed by atoms with Crippen molar-refractivity contribution >= 4 is 27.5 Å². The first-order valence-corrected chi connectivity index (χ1v) is 18.2. The molecule has 1 N–H and O–H groups in total. The molecule has 1 radical (unpaired) electrons. The number of ketones is 1. The van der Waals surface area contributed by atoms with Crippen molar-refractivity contribution in [2.45, 2.75) is 114 Å². The Bertz CT molecular complexity index is 1960. The molecule has 0 unspecified atom stereocenters. The maximum atomic E-state index is 12.2. The van der Waals surface area contributed by atoms with E-state index in [1.54, 1.807) is 12.5 Å². The van der Waals surface area contributed by atoms with E-state index in [2.05, 4.69) is 92.0 Å². The van der Waals surface area contributed by atoms with Gasteiger partial charge in [0.15, 0.2) is 11.4 Å². The summed E-state index contributed by atoms with van der Waals surface area (Å²) in [4.78, 5) is 25.9. The first-order valence-electron chi connectivity index (χ1n) is 18.2. The van der Waals surface area contributed by atoms with Crippen molar-refractivity contribution in [3.8, 4) is 22.6 Å². The smallest absolute Gasteiger partial charge is 0.164 e. The fourth-order valence-corrected chi connectivity index (χ4v) is 6.04. The van der Waals surface area contributed by atoms with Gasteiger partial charge in [-0.25, -0.2) is 4.98 Å². The summed E-state index contributed by atoms with van der Waals surface area (Å²) >= 11 is 0. The maximum Gasteiger partial charge on any atom is 0.164 e. The van der Waals surface area contributed by atoms with E-state index in [0.29, 0.717) is 5.92 Å². The number of aromatic nitrogens is 3. The van der Waals surface area contributed by atoms with Gasteiger partial charge < -0.3 is 9.52 Å². The number of hydrogen-bond donors (Lipinski definition) is 1. The third-order valence-corrected chi connectivity index (χ3v) is 10.6. The summed E-state index contributed by atoms with van der Waals surface area (Å²) in [5.74, 6) is 0.835. The molecule has 0 fully saturated rings. The van der Waals surface area contributed by atoms with E-state index < -0.39 is 0 Å². The Labute approximate surface area is 319 Å². The van der Waals surface area contributed by atoms with E-state index in [-0.39, 0.29) is 47.9 Å². The van der Waals surface area contributed by atoms with E-state index >= 15 is 0 Å². The van der Waals surface area contributed by atoms with Crippen LogP contribution in [0, 0.1) is 22.8 Å². The average molecular weight is 867 g/mol. The number of fused-ring (bicyclic) bond motifs is 2. The van der Waals surface area contributed by atoms with Crippen LogP contribution in [-0.2, 0) is 36.7 Å². The number of carbonyl (C=O) groups excluding carboxylic acids is 1. The van der Waals surface area contributed by atoms with Crippen molar-refractivity contribution in [3.05, 3.63) is 90.3 Å². The SMILES string of the molecule is CC(C)Cc1coc2cnc(-c3cc(-c4[c-]c5ccccc5c(C(C)(C)C)c4)ncn3)cc12.CCC(C)(CC)C(=O)/C=C(\O)C(C)(CC)CC.[Ir]. The molecule has 0 amide bonds. The predicted octanol–water partition coefficient (Wildman–Crippen LogP) is 12.0. The van der Waals surface area contributed by atoms with Gasteiger partial charge in [0.2, 0.25) is 0 Å². The summed E-state index contributed by atoms with van der Waals surface area (Å²) in [6.07, 6.45) is 11.0. The molecule has 3 aromatic heterocycles. The summed E-state index contributed by atoms with van der Waals surface area (Å²) in [5, 5.41) is 13.6. The Kier molecular flexibility index (Phi) is 14.1. The number of allylic oxidation sites excluding steroid dienone is 2. The second-order valence-electron chi connectivity index (χ2n) is 15.5. The second kappa shape index (κ2) is 17.2. The molecule has 275 valence electrons. The largest absolute Gasteiger partial charge is 0.512 e. The average Bonchev–Trinajstić information content (AvgIpc) is 3.51. The number of furan rings is 1. The van der Waals surface area contributed by atoms with Gasteiger partial charge in [0.05, 0.1) is 23.8 Å². The molecule has 0 aliphatic heterocycles. The molecule has 0 bridgehead atoms. The van der Waals surface area contributed by atoms with Crippen LogP contribution >= 0.6 is 0 Å². The van der Waals surface area contributed by atoms with Gasteiger partial charge in [0, 0.05) is 48.1 Å². The fourth-order valence-electron chi connectivity index (χ4n) is 6.04. The molecule has 0 saturated heterocycles. The van der Waals surface area contributed by atoms with Crippen LogP contribution in [0.5, 0.6) is 0 Å². The Balaban J connectivity index is 0.000000335. The zero-order valence-corrected chi connectivity index (χ0v) is 34.8. The van der Waals surface area contributed by atoms with Crippen LogP contribution in [0.2, 0.25) is 0 Å². The van der Waals surface area contributed by atoms with Gasteiger partial charge in [-0.3, -0.25) is 14.8 Å². The zero-order valence-electron chi connectivity index (χ0n) is 32.4. The minimum Gasteiger partial charge on any atom is -0.512 e. The summed E-state index contributed by atoms with van der Waals surface area (Å²) in [6, 6.07) is 18.3. The van der Waals surface area contributed by atoms with Gasteiger partial charge in [-0.1, -0.05) is 105 Å². The van der Waals surface area contributed by atoms with Gasteiger partial charge in [0.1, 0.15) is 12.1 Å². The predicted molar refractivity (Wildman–Crippen MR) is 207 cm³/mol. The quantitative estimate of drug-likeness (QED) is 0.0808. The number of benzene rings is 2. The van der Waals surface area contributed by atoms with Gasteiger partial charge in [-0.05, 0) is 61.1 Å². The third-order valence-electron chi connectivity index (χ3n) is 10.6. The van der Waals surface area contributed by atoms with Crippen molar-refractivity contribution in [3.63, 3.8) is 0 Å². The number of carbonyl (C=O) groups is 1. The number of hydrogen-bond acceptors (Lipinski definition) is 6. The maximum absolute atomic E-state index is 12.2. The molecule has 3 heterocycles. The number of aliphatic hydroxyl groups is 1. The van der Waals surface area contributed by atoms with Crippen LogP contribution in [0.3, 0.4) is 0 Å². The normalized spacial score (nSPS) is 12.5. The monoisotopic (exact) mass is 867 g/mol. The summed E-state index contributed by atoms with van der Waals surface area (Å²) < 4.78 is 5.72. The van der Waals surface area contributed by atoms with Crippen molar-refractivity contribution in [2.24, 2.45) is 16.7 Å². The Morgan fingerprint density at radius 1 is 0.843 bits per heavy atom. The molecule has 2 aromatic carbocycles. The Morgan fingerprint density at radius 2 is 1.45 bits per heavy atom. The summed E-state index contributed by atoms with van der Waals surface area (Å²) in [6.45, 7) is 23.2. The molecule has 5 rings (SSSR count). The molecule has 0 aliphatic carbocycles. The molecule has 7 heteroatoms. The number of nitrogens with zero attached hydrogens (tertiary/aromatic N) is 3. The van der Waals surface area contributed by atoms with E-state index in [1.165, 1.54) is 22.6 Å². The third kappa shape index (κ3) is 9.61. The van der Waals surface area contributed by atoms with Gasteiger partial charge in [0.25, 0.3) is 0 Å². The first kappa shape index (κ1) is 41.7. The topological polar surface area (TPSA) is 89.1 Å². The minimum atomic E-state index is -0.337. The van der Waals surface area contributed by atoms with Gasteiger partial charge in [-0.15, -0.1) is 29.1 Å². The van der Waals surface area contributed by atoms with E-state index in [9.17, 15) is 9.90 Å². The zero-order chi connectivity index (χ0) is 36.9. The summed E-state index contributed by atoms with van der Waals surface area (Å²) in [7, 11) is 0. The van der Waals surface area contributed by atoms with Crippen LogP contribution in [0.25, 0.3) is 44.4 Å². The molecule has 0 spiro atoms. The van der Waals surface area contributed by atoms with Crippen molar-refractivity contribution in [1.29, 1.82) is 0 Å². The van der Waals surface area contributed by atoms with Gasteiger partial charge >= 0.3 is 0 Å². The van der Waals surface area contributed by atoms with Crippen molar-refractivity contribution in [2.75, 3.05) is 0 Å². The molecule has 0 aliphatic rings. The minimum absolute atomic E-state index is 0. The molecular weight excluding hydrogens is 811 g/mol. The van der Waals surface area contributed by atoms with Crippen molar-refractivity contribution in [1.82, 2.24) is 15.0 Å². The van der Waals surface area contributed by atoms with Crippen LogP contribution in [-0.4, -0.2) is 25.8 Å². The number of rotatable bonds is 11. The van der Waals surface area contributed by atoms with E-state index in [4.69, 9.17) is 4.42 Å². The molecule has 5 aromatic rings. The van der Waals surface area contributed by atoms with E-state index in [1.807, 2.05) is 53.9 Å². The molecular formula is C44H56IrN3O3-. The van der Waals surface area contributed by atoms with E-state index in [0.717, 1.165) is 71.1 Å². The molecule has 51 heavy (non-hydrogen) atoms. The van der Waals surface area contributed by atoms with Crippen LogP contribution in [0.1, 0.15) is 113 Å². The first-order chi connectivity index (χ1) is 23.6.